The maximum absolute atomic E-state index is 11.6. The SMILES string of the molecule is CNC(=O)N1CCC(Cc2noc(C3CCOCC3)n2)C1. The Morgan fingerprint density at radius 3 is 2.95 bits per heavy atom. The number of nitrogens with zero attached hydrogens (tertiary/aromatic N) is 3. The van der Waals surface area contributed by atoms with Crippen molar-refractivity contribution >= 4 is 6.03 Å². The first-order chi connectivity index (χ1) is 10.3. The van der Waals surface area contributed by atoms with Gasteiger partial charge in [-0.3, -0.25) is 0 Å². The highest BCUT2D eigenvalue weighted by Crippen LogP contribution is 2.26. The number of hydrogen-bond acceptors (Lipinski definition) is 5. The van der Waals surface area contributed by atoms with Crippen LogP contribution in [0, 0.1) is 5.92 Å². The number of aromatic nitrogens is 2. The monoisotopic (exact) mass is 294 g/mol. The Labute approximate surface area is 124 Å². The highest BCUT2D eigenvalue weighted by molar-refractivity contribution is 5.74. The number of urea groups is 1. The molecule has 2 fully saturated rings. The van der Waals surface area contributed by atoms with Crippen LogP contribution in [-0.4, -0.2) is 54.4 Å². The van der Waals surface area contributed by atoms with Crippen LogP contribution in [-0.2, 0) is 11.2 Å². The second-order valence-corrected chi connectivity index (χ2v) is 5.80. The predicted octanol–water partition coefficient (Wildman–Crippen LogP) is 1.17. The van der Waals surface area contributed by atoms with E-state index in [2.05, 4.69) is 15.5 Å². The van der Waals surface area contributed by atoms with Gasteiger partial charge >= 0.3 is 6.03 Å². The van der Waals surface area contributed by atoms with E-state index in [0.717, 1.165) is 63.7 Å². The van der Waals surface area contributed by atoms with Gasteiger partial charge in [0.05, 0.1) is 0 Å². The van der Waals surface area contributed by atoms with Crippen molar-refractivity contribution in [2.75, 3.05) is 33.4 Å². The van der Waals surface area contributed by atoms with E-state index in [0.29, 0.717) is 11.8 Å². The molecule has 2 saturated heterocycles. The van der Waals surface area contributed by atoms with Gasteiger partial charge in [0, 0.05) is 45.7 Å². The van der Waals surface area contributed by atoms with E-state index in [-0.39, 0.29) is 6.03 Å². The van der Waals surface area contributed by atoms with Gasteiger partial charge < -0.3 is 19.5 Å². The third-order valence-electron chi connectivity index (χ3n) is 4.31. The molecule has 1 atom stereocenters. The summed E-state index contributed by atoms with van der Waals surface area (Å²) in [5.41, 5.74) is 0. The molecule has 2 aliphatic rings. The van der Waals surface area contributed by atoms with E-state index < -0.39 is 0 Å². The summed E-state index contributed by atoms with van der Waals surface area (Å²) in [4.78, 5) is 17.9. The number of likely N-dealkylation sites (tertiary alicyclic amines) is 1. The first kappa shape index (κ1) is 14.3. The van der Waals surface area contributed by atoms with Gasteiger partial charge in [-0.1, -0.05) is 5.16 Å². The molecule has 7 nitrogen and oxygen atoms in total. The summed E-state index contributed by atoms with van der Waals surface area (Å²) in [7, 11) is 1.66. The fourth-order valence-electron chi connectivity index (χ4n) is 3.06. The maximum atomic E-state index is 11.6. The Morgan fingerprint density at radius 2 is 2.19 bits per heavy atom. The smallest absolute Gasteiger partial charge is 0.317 e. The minimum absolute atomic E-state index is 0.00601. The third kappa shape index (κ3) is 3.34. The van der Waals surface area contributed by atoms with Crippen LogP contribution in [0.4, 0.5) is 4.79 Å². The zero-order valence-electron chi connectivity index (χ0n) is 12.4. The predicted molar refractivity (Wildman–Crippen MR) is 74.9 cm³/mol. The molecule has 1 unspecified atom stereocenters. The zero-order chi connectivity index (χ0) is 14.7. The zero-order valence-corrected chi connectivity index (χ0v) is 12.4. The Morgan fingerprint density at radius 1 is 1.38 bits per heavy atom. The van der Waals surface area contributed by atoms with Crippen molar-refractivity contribution < 1.29 is 14.1 Å². The lowest BCUT2D eigenvalue weighted by molar-refractivity contribution is 0.0778. The fourth-order valence-corrected chi connectivity index (χ4v) is 3.06. The first-order valence-electron chi connectivity index (χ1n) is 7.63. The number of nitrogens with one attached hydrogen (secondary N) is 1. The van der Waals surface area contributed by atoms with Crippen molar-refractivity contribution in [3.8, 4) is 0 Å². The lowest BCUT2D eigenvalue weighted by Crippen LogP contribution is -2.36. The molecule has 0 radical (unpaired) electrons. The molecule has 0 bridgehead atoms. The molecule has 0 aromatic carbocycles. The van der Waals surface area contributed by atoms with Crippen molar-refractivity contribution in [2.24, 2.45) is 5.92 Å². The molecule has 0 aliphatic carbocycles. The van der Waals surface area contributed by atoms with Crippen molar-refractivity contribution in [3.63, 3.8) is 0 Å². The van der Waals surface area contributed by atoms with E-state index in [4.69, 9.17) is 9.26 Å². The second kappa shape index (κ2) is 6.43. The highest BCUT2D eigenvalue weighted by atomic mass is 16.5. The molecule has 1 N–H and O–H groups in total. The number of carbonyl (C=O) groups excluding carboxylic acids is 1. The van der Waals surface area contributed by atoms with Crippen molar-refractivity contribution in [3.05, 3.63) is 11.7 Å². The normalized spacial score (nSPS) is 23.5. The Bertz CT molecular complexity index is 484. The van der Waals surface area contributed by atoms with Gasteiger partial charge in [-0.15, -0.1) is 0 Å². The Kier molecular flexibility index (Phi) is 4.38. The summed E-state index contributed by atoms with van der Waals surface area (Å²) in [6.07, 6.45) is 3.68. The summed E-state index contributed by atoms with van der Waals surface area (Å²) in [6.45, 7) is 3.11. The van der Waals surface area contributed by atoms with E-state index in [1.54, 1.807) is 7.05 Å². The third-order valence-corrected chi connectivity index (χ3v) is 4.31. The van der Waals surface area contributed by atoms with Gasteiger partial charge in [0.1, 0.15) is 0 Å². The maximum Gasteiger partial charge on any atom is 0.317 e. The molecule has 2 amide bonds. The molecule has 3 heterocycles. The number of ether oxygens (including phenoxy) is 1. The number of carbonyl (C=O) groups is 1. The van der Waals surface area contributed by atoms with Gasteiger partial charge in [-0.25, -0.2) is 4.79 Å². The average molecular weight is 294 g/mol. The molecule has 21 heavy (non-hydrogen) atoms. The Hall–Kier alpha value is -1.63. The molecule has 0 saturated carbocycles. The standard InChI is InChI=1S/C14H22N4O3/c1-15-14(19)18-5-2-10(9-18)8-12-16-13(21-17-12)11-3-6-20-7-4-11/h10-11H,2-9H2,1H3,(H,15,19). The fraction of sp³-hybridized carbons (Fsp3) is 0.786. The quantitative estimate of drug-likeness (QED) is 0.905. The number of amides is 2. The molecular formula is C14H22N4O3. The molecule has 7 heteroatoms. The van der Waals surface area contributed by atoms with Crippen LogP contribution >= 0.6 is 0 Å². The van der Waals surface area contributed by atoms with Crippen LogP contribution < -0.4 is 5.32 Å². The van der Waals surface area contributed by atoms with Crippen LogP contribution in [0.15, 0.2) is 4.52 Å². The highest BCUT2D eigenvalue weighted by Gasteiger charge is 2.28. The topological polar surface area (TPSA) is 80.5 Å². The summed E-state index contributed by atoms with van der Waals surface area (Å²) in [5.74, 6) is 2.27. The van der Waals surface area contributed by atoms with E-state index in [9.17, 15) is 4.79 Å². The van der Waals surface area contributed by atoms with E-state index in [1.165, 1.54) is 0 Å². The second-order valence-electron chi connectivity index (χ2n) is 5.80. The summed E-state index contributed by atoms with van der Waals surface area (Å²) < 4.78 is 10.7. The van der Waals surface area contributed by atoms with E-state index in [1.807, 2.05) is 4.90 Å². The lowest BCUT2D eigenvalue weighted by Gasteiger charge is -2.18. The summed E-state index contributed by atoms with van der Waals surface area (Å²) in [6, 6.07) is -0.00601. The molecule has 1 aromatic rings. The molecule has 2 aliphatic heterocycles. The van der Waals surface area contributed by atoms with Crippen LogP contribution in [0.2, 0.25) is 0 Å². The number of hydrogen-bond donors (Lipinski definition) is 1. The molecule has 1 aromatic heterocycles. The van der Waals surface area contributed by atoms with Crippen LogP contribution in [0.5, 0.6) is 0 Å². The van der Waals surface area contributed by atoms with E-state index >= 15 is 0 Å². The summed E-state index contributed by atoms with van der Waals surface area (Å²) in [5, 5.41) is 6.76. The van der Waals surface area contributed by atoms with Crippen LogP contribution in [0.1, 0.15) is 36.9 Å². The molecule has 3 rings (SSSR count). The van der Waals surface area contributed by atoms with Gasteiger partial charge in [-0.2, -0.15) is 4.98 Å². The van der Waals surface area contributed by atoms with Gasteiger partial charge in [0.25, 0.3) is 0 Å². The average Bonchev–Trinajstić information content (AvgIpc) is 3.17. The van der Waals surface area contributed by atoms with Gasteiger partial charge in [0.2, 0.25) is 5.89 Å². The first-order valence-corrected chi connectivity index (χ1v) is 7.63. The van der Waals surface area contributed by atoms with Gasteiger partial charge in [0.15, 0.2) is 5.82 Å². The van der Waals surface area contributed by atoms with Crippen LogP contribution in [0.3, 0.4) is 0 Å². The largest absolute Gasteiger partial charge is 0.381 e. The van der Waals surface area contributed by atoms with Crippen LogP contribution in [0.25, 0.3) is 0 Å². The van der Waals surface area contributed by atoms with Crippen molar-refractivity contribution in [1.29, 1.82) is 0 Å². The number of rotatable bonds is 3. The minimum Gasteiger partial charge on any atom is -0.381 e. The van der Waals surface area contributed by atoms with Crippen molar-refractivity contribution in [2.45, 2.75) is 31.6 Å². The lowest BCUT2D eigenvalue weighted by atomic mass is 10.0. The molecule has 116 valence electrons. The Balaban J connectivity index is 1.54. The van der Waals surface area contributed by atoms with Gasteiger partial charge in [-0.05, 0) is 25.2 Å². The molecule has 0 spiro atoms. The summed E-state index contributed by atoms with van der Waals surface area (Å²) >= 11 is 0. The molecular weight excluding hydrogens is 272 g/mol. The minimum atomic E-state index is -0.00601. The van der Waals surface area contributed by atoms with Crippen molar-refractivity contribution in [1.82, 2.24) is 20.4 Å².